The van der Waals surface area contributed by atoms with E-state index in [9.17, 15) is 0 Å². The van der Waals surface area contributed by atoms with E-state index in [1.54, 1.807) is 6.20 Å². The average molecular weight is 263 g/mol. The van der Waals surface area contributed by atoms with Gasteiger partial charge in [0.25, 0.3) is 0 Å². The molecule has 0 bridgehead atoms. The van der Waals surface area contributed by atoms with Crippen molar-refractivity contribution < 1.29 is 14.2 Å². The number of ether oxygens (including phenoxy) is 3. The van der Waals surface area contributed by atoms with Crippen LogP contribution >= 0.6 is 15.9 Å². The highest BCUT2D eigenvalue weighted by Gasteiger charge is 2.16. The Morgan fingerprint density at radius 3 is 2.43 bits per heavy atom. The van der Waals surface area contributed by atoms with Gasteiger partial charge in [-0.25, -0.2) is 4.98 Å². The molecule has 0 aliphatic rings. The summed E-state index contributed by atoms with van der Waals surface area (Å²) in [4.78, 5) is 8.02. The van der Waals surface area contributed by atoms with E-state index >= 15 is 0 Å². The maximum absolute atomic E-state index is 5.07. The maximum atomic E-state index is 5.07. The van der Waals surface area contributed by atoms with Crippen molar-refractivity contribution in [3.05, 3.63) is 16.4 Å². The fourth-order valence-electron chi connectivity index (χ4n) is 0.946. The van der Waals surface area contributed by atoms with E-state index in [2.05, 4.69) is 25.9 Å². The SMILES string of the molecule is COc1ncc(Br)c(C(OC)OC)n1. The fourth-order valence-corrected chi connectivity index (χ4v) is 1.32. The van der Waals surface area contributed by atoms with E-state index in [-0.39, 0.29) is 6.01 Å². The first kappa shape index (κ1) is 11.4. The summed E-state index contributed by atoms with van der Waals surface area (Å²) in [6.45, 7) is 0. The van der Waals surface area contributed by atoms with E-state index in [1.165, 1.54) is 21.3 Å². The van der Waals surface area contributed by atoms with E-state index in [4.69, 9.17) is 14.2 Å². The summed E-state index contributed by atoms with van der Waals surface area (Å²) in [6, 6.07) is 0.280. The van der Waals surface area contributed by atoms with Gasteiger partial charge in [0.05, 0.1) is 11.6 Å². The lowest BCUT2D eigenvalue weighted by Crippen LogP contribution is -2.08. The zero-order chi connectivity index (χ0) is 10.6. The Hall–Kier alpha value is -0.720. The van der Waals surface area contributed by atoms with Crippen LogP contribution in [0.15, 0.2) is 10.7 Å². The number of nitrogens with zero attached hydrogens (tertiary/aromatic N) is 2. The van der Waals surface area contributed by atoms with Crippen LogP contribution in [0.2, 0.25) is 0 Å². The average Bonchev–Trinajstić information content (AvgIpc) is 2.22. The van der Waals surface area contributed by atoms with Crippen molar-refractivity contribution in [2.75, 3.05) is 21.3 Å². The first-order valence-electron chi connectivity index (χ1n) is 3.85. The molecule has 6 heteroatoms. The van der Waals surface area contributed by atoms with Crippen LogP contribution in [0.3, 0.4) is 0 Å². The van der Waals surface area contributed by atoms with Crippen molar-refractivity contribution in [2.45, 2.75) is 6.29 Å². The topological polar surface area (TPSA) is 53.5 Å². The van der Waals surface area contributed by atoms with Crippen LogP contribution in [-0.4, -0.2) is 31.3 Å². The highest BCUT2D eigenvalue weighted by atomic mass is 79.9. The van der Waals surface area contributed by atoms with Gasteiger partial charge in [-0.15, -0.1) is 0 Å². The molecule has 0 fully saturated rings. The van der Waals surface area contributed by atoms with Gasteiger partial charge in [0.1, 0.15) is 5.69 Å². The Bertz CT molecular complexity index is 305. The zero-order valence-corrected chi connectivity index (χ0v) is 9.74. The molecule has 0 unspecified atom stereocenters. The molecule has 1 aromatic heterocycles. The third-order valence-electron chi connectivity index (χ3n) is 1.58. The van der Waals surface area contributed by atoms with E-state index in [0.29, 0.717) is 10.2 Å². The monoisotopic (exact) mass is 262 g/mol. The van der Waals surface area contributed by atoms with Crippen LogP contribution in [0, 0.1) is 0 Å². The van der Waals surface area contributed by atoms with E-state index in [0.717, 1.165) is 0 Å². The van der Waals surface area contributed by atoms with Gasteiger partial charge in [-0.3, -0.25) is 0 Å². The molecule has 14 heavy (non-hydrogen) atoms. The normalized spacial score (nSPS) is 10.6. The largest absolute Gasteiger partial charge is 0.467 e. The van der Waals surface area contributed by atoms with Gasteiger partial charge in [0.2, 0.25) is 6.29 Å². The van der Waals surface area contributed by atoms with Crippen molar-refractivity contribution in [3.63, 3.8) is 0 Å². The lowest BCUT2D eigenvalue weighted by Gasteiger charge is -2.14. The number of methoxy groups -OCH3 is 3. The summed E-state index contributed by atoms with van der Waals surface area (Å²) in [5, 5.41) is 0. The molecular weight excluding hydrogens is 252 g/mol. The lowest BCUT2D eigenvalue weighted by molar-refractivity contribution is -0.109. The highest BCUT2D eigenvalue weighted by Crippen LogP contribution is 2.24. The Kier molecular flexibility index (Phi) is 4.24. The summed E-state index contributed by atoms with van der Waals surface area (Å²) in [7, 11) is 4.58. The van der Waals surface area contributed by atoms with Crippen molar-refractivity contribution >= 4 is 15.9 Å². The quantitative estimate of drug-likeness (QED) is 0.771. The standard InChI is InChI=1S/C8H11BrN2O3/c1-12-7(13-2)6-5(9)4-10-8(11-6)14-3/h4,7H,1-3H3. The molecule has 0 amide bonds. The van der Waals surface area contributed by atoms with Gasteiger partial charge in [-0.2, -0.15) is 4.98 Å². The second-order valence-corrected chi connectivity index (χ2v) is 3.25. The molecule has 78 valence electrons. The van der Waals surface area contributed by atoms with Gasteiger partial charge in [-0.1, -0.05) is 0 Å². The number of halogens is 1. The minimum Gasteiger partial charge on any atom is -0.467 e. The van der Waals surface area contributed by atoms with Crippen LogP contribution in [0.25, 0.3) is 0 Å². The second-order valence-electron chi connectivity index (χ2n) is 2.39. The predicted molar refractivity (Wildman–Crippen MR) is 53.0 cm³/mol. The van der Waals surface area contributed by atoms with Crippen LogP contribution in [0.5, 0.6) is 6.01 Å². The van der Waals surface area contributed by atoms with Gasteiger partial charge in [0.15, 0.2) is 0 Å². The third kappa shape index (κ3) is 2.40. The second kappa shape index (κ2) is 5.23. The number of hydrogen-bond donors (Lipinski definition) is 0. The molecule has 0 spiro atoms. The molecule has 0 saturated heterocycles. The van der Waals surface area contributed by atoms with Gasteiger partial charge in [-0.05, 0) is 15.9 Å². The van der Waals surface area contributed by atoms with Crippen LogP contribution < -0.4 is 4.74 Å². The third-order valence-corrected chi connectivity index (χ3v) is 2.19. The highest BCUT2D eigenvalue weighted by molar-refractivity contribution is 9.10. The molecule has 0 aliphatic heterocycles. The molecule has 0 aromatic carbocycles. The van der Waals surface area contributed by atoms with Crippen molar-refractivity contribution in [3.8, 4) is 6.01 Å². The summed E-state index contributed by atoms with van der Waals surface area (Å²) in [5.74, 6) is 0. The molecule has 0 radical (unpaired) electrons. The first-order chi connectivity index (χ1) is 6.72. The number of rotatable bonds is 4. The Labute approximate surface area is 90.5 Å². The minimum absolute atomic E-state index is 0.280. The minimum atomic E-state index is -0.527. The molecule has 0 aliphatic carbocycles. The van der Waals surface area contributed by atoms with Crippen molar-refractivity contribution in [2.24, 2.45) is 0 Å². The molecule has 0 N–H and O–H groups in total. The van der Waals surface area contributed by atoms with Crippen molar-refractivity contribution in [1.82, 2.24) is 9.97 Å². The molecule has 1 rings (SSSR count). The summed E-state index contributed by atoms with van der Waals surface area (Å²) >= 11 is 3.30. The molecule has 0 atom stereocenters. The zero-order valence-electron chi connectivity index (χ0n) is 8.15. The smallest absolute Gasteiger partial charge is 0.316 e. The van der Waals surface area contributed by atoms with Gasteiger partial charge in [0, 0.05) is 20.4 Å². The Morgan fingerprint density at radius 1 is 1.29 bits per heavy atom. The molecule has 5 nitrogen and oxygen atoms in total. The van der Waals surface area contributed by atoms with E-state index < -0.39 is 6.29 Å². The summed E-state index contributed by atoms with van der Waals surface area (Å²) in [5.41, 5.74) is 0.599. The van der Waals surface area contributed by atoms with Crippen LogP contribution in [0.1, 0.15) is 12.0 Å². The fraction of sp³-hybridized carbons (Fsp3) is 0.500. The van der Waals surface area contributed by atoms with Crippen molar-refractivity contribution in [1.29, 1.82) is 0 Å². The predicted octanol–water partition coefficient (Wildman–Crippen LogP) is 1.54. The maximum Gasteiger partial charge on any atom is 0.316 e. The van der Waals surface area contributed by atoms with Gasteiger partial charge < -0.3 is 14.2 Å². The molecule has 0 saturated carbocycles. The van der Waals surface area contributed by atoms with E-state index in [1.807, 2.05) is 0 Å². The number of hydrogen-bond acceptors (Lipinski definition) is 5. The summed E-state index contributed by atoms with van der Waals surface area (Å²) < 4.78 is 15.7. The van der Waals surface area contributed by atoms with Gasteiger partial charge >= 0.3 is 6.01 Å². The Balaban J connectivity index is 3.04. The molecular formula is C8H11BrN2O3. The molecule has 1 aromatic rings. The van der Waals surface area contributed by atoms with Crippen LogP contribution in [-0.2, 0) is 9.47 Å². The summed E-state index contributed by atoms with van der Waals surface area (Å²) in [6.07, 6.45) is 1.06. The lowest BCUT2D eigenvalue weighted by atomic mass is 10.4. The van der Waals surface area contributed by atoms with Crippen LogP contribution in [0.4, 0.5) is 0 Å². The number of aromatic nitrogens is 2. The molecule has 1 heterocycles. The first-order valence-corrected chi connectivity index (χ1v) is 4.64. The Morgan fingerprint density at radius 2 is 1.93 bits per heavy atom.